The Bertz CT molecular complexity index is 2950. The first-order chi connectivity index (χ1) is 51.1. The van der Waals surface area contributed by atoms with Crippen LogP contribution in [0.15, 0.2) is 0 Å². The maximum atomic E-state index is 14.1. The third-order valence-electron chi connectivity index (χ3n) is 17.1. The Morgan fingerprint density at radius 2 is 0.440 bits per heavy atom. The Morgan fingerprint density at radius 3 is 0.606 bits per heavy atom. The van der Waals surface area contributed by atoms with Crippen molar-refractivity contribution in [3.63, 3.8) is 0 Å². The van der Waals surface area contributed by atoms with Crippen LogP contribution in [0.5, 0.6) is 0 Å². The van der Waals surface area contributed by atoms with Crippen molar-refractivity contribution in [1.29, 1.82) is 0 Å². The van der Waals surface area contributed by atoms with Crippen LogP contribution in [0.4, 0.5) is 0 Å². The van der Waals surface area contributed by atoms with Crippen molar-refractivity contribution < 1.29 is 76.7 Å². The fraction of sp³-hybridized carbons (Fsp3) is 0.778. The van der Waals surface area contributed by atoms with E-state index < -0.39 is 185 Å². The van der Waals surface area contributed by atoms with Gasteiger partial charge in [-0.05, 0) is 231 Å². The van der Waals surface area contributed by atoms with E-state index in [4.69, 9.17) is 5.73 Å². The summed E-state index contributed by atoms with van der Waals surface area (Å²) in [5.41, 5.74) is -3.01. The van der Waals surface area contributed by atoms with E-state index in [1.54, 1.807) is 0 Å². The first-order valence-electron chi connectivity index (χ1n) is 38.3. The van der Waals surface area contributed by atoms with Crippen molar-refractivity contribution in [2.75, 3.05) is 98.2 Å². The average molecular weight is 1550 g/mol. The van der Waals surface area contributed by atoms with Crippen molar-refractivity contribution >= 4 is 94.5 Å². The molecule has 0 rings (SSSR count). The Morgan fingerprint density at radius 1 is 0.266 bits per heavy atom. The van der Waals surface area contributed by atoms with Crippen LogP contribution >= 0.6 is 0 Å². The Hall–Kier alpha value is -8.68. The molecule has 0 saturated carbocycles. The van der Waals surface area contributed by atoms with Crippen molar-refractivity contribution in [1.82, 2.24) is 106 Å². The van der Waals surface area contributed by atoms with E-state index in [2.05, 4.69) is 106 Å². The summed E-state index contributed by atoms with van der Waals surface area (Å²) in [5.74, 6) is -11.8. The molecule has 109 heavy (non-hydrogen) atoms. The van der Waals surface area contributed by atoms with E-state index in [9.17, 15) is 76.7 Å². The van der Waals surface area contributed by atoms with Gasteiger partial charge in [0, 0.05) is 6.92 Å². The maximum Gasteiger partial charge on any atom is 0.245 e. The van der Waals surface area contributed by atoms with E-state index in [-0.39, 0.29) is 25.7 Å². The highest BCUT2D eigenvalue weighted by atomic mass is 16.2. The molecule has 5 atom stereocenters. The molecular weight excluding hydrogens is 1410 g/mol. The molecule has 0 fully saturated rings. The smallest absolute Gasteiger partial charge is 0.245 e. The lowest BCUT2D eigenvalue weighted by atomic mass is 10.0. The number of nitrogens with one attached hydrogen (secondary N) is 20. The molecule has 0 aliphatic rings. The minimum absolute atomic E-state index is 0.0889. The molecular formula is C72H135N21O16. The summed E-state index contributed by atoms with van der Waals surface area (Å²) in [5, 5.41) is 54.5. The van der Waals surface area contributed by atoms with Crippen molar-refractivity contribution in [3.8, 4) is 0 Å². The van der Waals surface area contributed by atoms with Gasteiger partial charge in [-0.3, -0.25) is 76.7 Å². The van der Waals surface area contributed by atoms with Gasteiger partial charge in [-0.2, -0.15) is 0 Å². The number of carbonyl (C=O) groups excluding carboxylic acids is 16. The lowest BCUT2D eigenvalue weighted by Crippen LogP contribution is -2.62. The Kier molecular flexibility index (Phi) is 49.0. The summed E-state index contributed by atoms with van der Waals surface area (Å²) in [6, 6.07) is -5.74. The van der Waals surface area contributed by atoms with Crippen LogP contribution in [0.1, 0.15) is 207 Å². The lowest BCUT2D eigenvalue weighted by molar-refractivity contribution is -0.137. The predicted octanol–water partition coefficient (Wildman–Crippen LogP) is -4.13. The fourth-order valence-corrected chi connectivity index (χ4v) is 10.6. The molecule has 0 bridgehead atoms. The van der Waals surface area contributed by atoms with E-state index >= 15 is 0 Å². The summed E-state index contributed by atoms with van der Waals surface area (Å²) < 4.78 is 0. The lowest BCUT2D eigenvalue weighted by Gasteiger charge is -2.30. The van der Waals surface area contributed by atoms with Crippen molar-refractivity contribution in [3.05, 3.63) is 0 Å². The molecule has 0 radical (unpaired) electrons. The second kappa shape index (κ2) is 53.2. The molecule has 0 aromatic carbocycles. The zero-order valence-electron chi connectivity index (χ0n) is 67.7. The number of rotatable bonds is 60. The largest absolute Gasteiger partial charge is 0.368 e. The van der Waals surface area contributed by atoms with Gasteiger partial charge in [-0.15, -0.1) is 0 Å². The Labute approximate surface area is 644 Å². The van der Waals surface area contributed by atoms with E-state index in [1.165, 1.54) is 76.2 Å². The SMILES string of the molecule is CCNCCCCC(NC(C)=O)C(=O)NC(C)(C)C(=O)NCC(=O)NC(CCCCNCC)C(=O)NC(C)(C)C(=O)NCC(=O)NC(CCCCNCC)C(=O)NC(C)(C)C(=O)NCC(=O)NC(CCCCNCC)C(=O)NC(C)(C)C(=O)NCC(=O)NC(CCCCNCC)C(=O)NC(C)(C)C(=O)NCC(N)=O. The van der Waals surface area contributed by atoms with E-state index in [0.717, 1.165) is 26.1 Å². The zero-order valence-corrected chi connectivity index (χ0v) is 67.7. The molecule has 0 saturated heterocycles. The van der Waals surface area contributed by atoms with Crippen LogP contribution in [0.2, 0.25) is 0 Å². The molecule has 37 nitrogen and oxygen atoms in total. The minimum atomic E-state index is -1.72. The minimum Gasteiger partial charge on any atom is -0.368 e. The molecule has 0 spiro atoms. The van der Waals surface area contributed by atoms with Gasteiger partial charge in [0.2, 0.25) is 94.5 Å². The average Bonchev–Trinajstić information content (AvgIpc) is 0.867. The summed E-state index contributed by atoms with van der Waals surface area (Å²) in [7, 11) is 0. The van der Waals surface area contributed by atoms with Gasteiger partial charge in [-0.1, -0.05) is 34.6 Å². The zero-order chi connectivity index (χ0) is 83.0. The van der Waals surface area contributed by atoms with Crippen molar-refractivity contribution in [2.24, 2.45) is 5.73 Å². The van der Waals surface area contributed by atoms with Crippen LogP contribution in [0.25, 0.3) is 0 Å². The highest BCUT2D eigenvalue weighted by Crippen LogP contribution is 2.14. The predicted molar refractivity (Wildman–Crippen MR) is 413 cm³/mol. The number of hydrogen-bond acceptors (Lipinski definition) is 21. The molecule has 0 aliphatic heterocycles. The van der Waals surface area contributed by atoms with Crippen LogP contribution in [0, 0.1) is 0 Å². The molecule has 624 valence electrons. The molecule has 37 heteroatoms. The summed E-state index contributed by atoms with van der Waals surface area (Å²) >= 11 is 0. The summed E-state index contributed by atoms with van der Waals surface area (Å²) in [4.78, 5) is 214. The van der Waals surface area contributed by atoms with Gasteiger partial charge >= 0.3 is 0 Å². The molecule has 5 unspecified atom stereocenters. The number of nitrogens with two attached hydrogens (primary N) is 1. The maximum absolute atomic E-state index is 14.1. The van der Waals surface area contributed by atoms with Gasteiger partial charge in [0.15, 0.2) is 0 Å². The van der Waals surface area contributed by atoms with Crippen LogP contribution in [0.3, 0.4) is 0 Å². The Balaban J connectivity index is 6.20. The van der Waals surface area contributed by atoms with Crippen LogP contribution in [-0.2, 0) is 76.7 Å². The van der Waals surface area contributed by atoms with Crippen molar-refractivity contribution in [2.45, 2.75) is 265 Å². The van der Waals surface area contributed by atoms with Gasteiger partial charge in [0.05, 0.1) is 32.7 Å². The van der Waals surface area contributed by atoms with Gasteiger partial charge in [-0.25, -0.2) is 0 Å². The standard InChI is InChI=1S/C72H135N21O16/c1-17-74-37-27-22-32-48(84-47(6)94)58(100)89-69(9,10)64(106)80-43-54(96)86-50(34-24-29-39-76-19-3)60(102)91-71(13,14)66(108)82-45-56(98)88-52(36-26-31-41-78-21-5)62(104)93-72(15,16)67(109)83-46-57(99)87-51(35-25-30-40-77-20-4)61(103)92-70(11,12)65(107)81-44-55(97)85-49(33-23-28-38-75-18-2)59(101)90-68(7,8)63(105)79-42-53(73)95/h48-52,74-78H,17-46H2,1-16H3,(H2,73,95)(H,79,105)(H,80,106)(H,81,107)(H,82,108)(H,83,109)(H,84,94)(H,85,97)(H,86,96)(H,87,99)(H,88,98)(H,89,100)(H,90,101)(H,91,102)(H,92,103)(H,93,104). The summed E-state index contributed by atoms with van der Waals surface area (Å²) in [6.07, 6.45) is 6.43. The normalized spacial score (nSPS) is 13.0. The number of primary amides is 1. The molecule has 16 amide bonds. The first kappa shape index (κ1) is 100. The summed E-state index contributed by atoms with van der Waals surface area (Å²) in [6.45, 7) is 28.6. The van der Waals surface area contributed by atoms with E-state index in [0.29, 0.717) is 110 Å². The third-order valence-corrected chi connectivity index (χ3v) is 17.1. The second-order valence-corrected chi connectivity index (χ2v) is 29.4. The number of hydrogen-bond donors (Lipinski definition) is 21. The highest BCUT2D eigenvalue weighted by Gasteiger charge is 2.39. The first-order valence-corrected chi connectivity index (χ1v) is 38.3. The number of unbranched alkanes of at least 4 members (excludes halogenated alkanes) is 5. The van der Waals surface area contributed by atoms with Gasteiger partial charge < -0.3 is 112 Å². The third kappa shape index (κ3) is 43.9. The topological polar surface area (TPSA) is 540 Å². The monoisotopic (exact) mass is 1550 g/mol. The van der Waals surface area contributed by atoms with E-state index in [1.807, 2.05) is 34.6 Å². The number of amides is 16. The highest BCUT2D eigenvalue weighted by molar-refractivity contribution is 6.01. The van der Waals surface area contributed by atoms with Gasteiger partial charge in [0.1, 0.15) is 57.9 Å². The van der Waals surface area contributed by atoms with Crippen LogP contribution in [-0.4, -0.2) is 251 Å². The quantitative estimate of drug-likeness (QED) is 0.0257. The van der Waals surface area contributed by atoms with Gasteiger partial charge in [0.25, 0.3) is 0 Å². The molecule has 0 heterocycles. The molecule has 22 N–H and O–H groups in total. The fourth-order valence-electron chi connectivity index (χ4n) is 10.6. The molecule has 0 aliphatic carbocycles. The van der Waals surface area contributed by atoms with Crippen LogP contribution < -0.4 is 112 Å². The molecule has 0 aromatic heterocycles. The molecule has 0 aromatic rings. The second-order valence-electron chi connectivity index (χ2n) is 29.4. The number of carbonyl (C=O) groups is 16.